The van der Waals surface area contributed by atoms with E-state index < -0.39 is 6.09 Å². The number of methoxy groups -OCH3 is 1. The summed E-state index contributed by atoms with van der Waals surface area (Å²) in [7, 11) is 3.19. The lowest BCUT2D eigenvalue weighted by Crippen LogP contribution is -2.49. The third-order valence-corrected chi connectivity index (χ3v) is 5.53. The van der Waals surface area contributed by atoms with Crippen molar-refractivity contribution in [2.75, 3.05) is 53.5 Å². The molecule has 7 nitrogen and oxygen atoms in total. The molecule has 7 heteroatoms. The molecule has 1 fully saturated rings. The van der Waals surface area contributed by atoms with Crippen LogP contribution in [0.5, 0.6) is 5.75 Å². The summed E-state index contributed by atoms with van der Waals surface area (Å²) >= 11 is 0. The highest BCUT2D eigenvalue weighted by atomic mass is 16.6. The Kier molecular flexibility index (Phi) is 8.29. The summed E-state index contributed by atoms with van der Waals surface area (Å²) in [6.07, 6.45) is 1.66. The summed E-state index contributed by atoms with van der Waals surface area (Å²) in [5.74, 6) is 0.558. The van der Waals surface area contributed by atoms with Gasteiger partial charge in [-0.3, -0.25) is 9.69 Å². The number of nitrogens with one attached hydrogen (secondary N) is 1. The SMILES string of the molecule is CNC(=O)COC(=O)N1CCN(CCCc2cccc(-c3ccc(OC)cc3)c2)CC1. The van der Waals surface area contributed by atoms with E-state index in [9.17, 15) is 9.59 Å². The van der Waals surface area contributed by atoms with E-state index in [1.54, 1.807) is 12.0 Å². The molecule has 31 heavy (non-hydrogen) atoms. The Morgan fingerprint density at radius 1 is 1.00 bits per heavy atom. The van der Waals surface area contributed by atoms with Crippen molar-refractivity contribution in [1.29, 1.82) is 0 Å². The summed E-state index contributed by atoms with van der Waals surface area (Å²) in [5.41, 5.74) is 3.72. The highest BCUT2D eigenvalue weighted by Crippen LogP contribution is 2.23. The first-order chi connectivity index (χ1) is 15.1. The number of carbonyl (C=O) groups is 2. The lowest BCUT2D eigenvalue weighted by atomic mass is 10.0. The molecule has 1 aliphatic rings. The Labute approximate surface area is 183 Å². The van der Waals surface area contributed by atoms with Crippen LogP contribution in [0.2, 0.25) is 0 Å². The number of benzene rings is 2. The monoisotopic (exact) mass is 425 g/mol. The first-order valence-electron chi connectivity index (χ1n) is 10.7. The number of aryl methyl sites for hydroxylation is 1. The van der Waals surface area contributed by atoms with Crippen molar-refractivity contribution in [3.63, 3.8) is 0 Å². The first-order valence-corrected chi connectivity index (χ1v) is 10.7. The first kappa shape index (κ1) is 22.6. The van der Waals surface area contributed by atoms with Gasteiger partial charge in [0.1, 0.15) is 5.75 Å². The zero-order chi connectivity index (χ0) is 22.1. The lowest BCUT2D eigenvalue weighted by molar-refractivity contribution is -0.123. The predicted molar refractivity (Wildman–Crippen MR) is 120 cm³/mol. The zero-order valence-corrected chi connectivity index (χ0v) is 18.3. The van der Waals surface area contributed by atoms with Crippen molar-refractivity contribution in [2.45, 2.75) is 12.8 Å². The van der Waals surface area contributed by atoms with Crippen LogP contribution in [0.4, 0.5) is 4.79 Å². The second-order valence-electron chi connectivity index (χ2n) is 7.59. The van der Waals surface area contributed by atoms with Crippen molar-refractivity contribution in [1.82, 2.24) is 15.1 Å². The summed E-state index contributed by atoms with van der Waals surface area (Å²) in [6, 6.07) is 16.8. The normalized spacial score (nSPS) is 14.2. The minimum Gasteiger partial charge on any atom is -0.497 e. The summed E-state index contributed by atoms with van der Waals surface area (Å²) in [5, 5.41) is 2.44. The number of piperazine rings is 1. The van der Waals surface area contributed by atoms with Gasteiger partial charge in [-0.05, 0) is 48.2 Å². The Morgan fingerprint density at radius 2 is 1.74 bits per heavy atom. The van der Waals surface area contributed by atoms with E-state index >= 15 is 0 Å². The molecular weight excluding hydrogens is 394 g/mol. The van der Waals surface area contributed by atoms with E-state index in [1.807, 2.05) is 12.1 Å². The molecule has 0 bridgehead atoms. The largest absolute Gasteiger partial charge is 0.497 e. The fraction of sp³-hybridized carbons (Fsp3) is 0.417. The minimum absolute atomic E-state index is 0.231. The van der Waals surface area contributed by atoms with Crippen LogP contribution in [-0.2, 0) is 16.0 Å². The van der Waals surface area contributed by atoms with E-state index in [-0.39, 0.29) is 12.5 Å². The molecule has 0 atom stereocenters. The van der Waals surface area contributed by atoms with Crippen molar-refractivity contribution >= 4 is 12.0 Å². The predicted octanol–water partition coefficient (Wildman–Crippen LogP) is 2.80. The molecule has 2 amide bonds. The Balaban J connectivity index is 1.41. The van der Waals surface area contributed by atoms with Gasteiger partial charge in [0.2, 0.25) is 0 Å². The maximum atomic E-state index is 12.0. The molecule has 1 aliphatic heterocycles. The summed E-state index contributed by atoms with van der Waals surface area (Å²) in [4.78, 5) is 27.2. The summed E-state index contributed by atoms with van der Waals surface area (Å²) in [6.45, 7) is 3.65. The molecule has 0 unspecified atom stereocenters. The maximum Gasteiger partial charge on any atom is 0.410 e. The standard InChI is InChI=1S/C24H31N3O4/c1-25-23(28)18-31-24(29)27-15-13-26(14-16-27)12-4-6-19-5-3-7-21(17-19)20-8-10-22(30-2)11-9-20/h3,5,7-11,17H,4,6,12-16,18H2,1-2H3,(H,25,28). The van der Waals surface area contributed by atoms with E-state index in [4.69, 9.17) is 9.47 Å². The molecule has 1 heterocycles. The summed E-state index contributed by atoms with van der Waals surface area (Å²) < 4.78 is 10.3. The minimum atomic E-state index is -0.418. The van der Waals surface area contributed by atoms with Gasteiger partial charge < -0.3 is 19.7 Å². The molecule has 1 N–H and O–H groups in total. The van der Waals surface area contributed by atoms with Crippen LogP contribution in [0.1, 0.15) is 12.0 Å². The zero-order valence-electron chi connectivity index (χ0n) is 18.3. The van der Waals surface area contributed by atoms with Crippen LogP contribution < -0.4 is 10.1 Å². The number of ether oxygens (including phenoxy) is 2. The Hall–Kier alpha value is -3.06. The maximum absolute atomic E-state index is 12.0. The second-order valence-corrected chi connectivity index (χ2v) is 7.59. The van der Waals surface area contributed by atoms with Crippen molar-refractivity contribution in [2.24, 2.45) is 0 Å². The van der Waals surface area contributed by atoms with Gasteiger partial charge >= 0.3 is 6.09 Å². The van der Waals surface area contributed by atoms with Gasteiger partial charge in [0.15, 0.2) is 6.61 Å². The van der Waals surface area contributed by atoms with Gasteiger partial charge in [0.25, 0.3) is 5.91 Å². The third-order valence-electron chi connectivity index (χ3n) is 5.53. The molecule has 0 aromatic heterocycles. The lowest BCUT2D eigenvalue weighted by Gasteiger charge is -2.34. The number of hydrogen-bond donors (Lipinski definition) is 1. The van der Waals surface area contributed by atoms with Crippen molar-refractivity contribution in [3.05, 3.63) is 54.1 Å². The molecule has 0 radical (unpaired) electrons. The highest BCUT2D eigenvalue weighted by molar-refractivity contribution is 5.79. The molecule has 1 saturated heterocycles. The molecule has 2 aromatic carbocycles. The molecular formula is C24H31N3O4. The number of hydrogen-bond acceptors (Lipinski definition) is 5. The van der Waals surface area contributed by atoms with Gasteiger partial charge in [0, 0.05) is 33.2 Å². The molecule has 166 valence electrons. The van der Waals surface area contributed by atoms with Crippen molar-refractivity contribution < 1.29 is 19.1 Å². The Morgan fingerprint density at radius 3 is 2.42 bits per heavy atom. The second kappa shape index (κ2) is 11.4. The van der Waals surface area contributed by atoms with Gasteiger partial charge in [0.05, 0.1) is 7.11 Å². The van der Waals surface area contributed by atoms with Crippen LogP contribution in [0.15, 0.2) is 48.5 Å². The molecule has 2 aromatic rings. The fourth-order valence-electron chi connectivity index (χ4n) is 3.64. The van der Waals surface area contributed by atoms with Crippen molar-refractivity contribution in [3.8, 4) is 16.9 Å². The Bertz CT molecular complexity index is 861. The van der Waals surface area contributed by atoms with E-state index in [2.05, 4.69) is 46.6 Å². The van der Waals surface area contributed by atoms with Gasteiger partial charge in [-0.2, -0.15) is 0 Å². The number of carbonyl (C=O) groups excluding carboxylic acids is 2. The molecule has 3 rings (SSSR count). The van der Waals surface area contributed by atoms with E-state index in [0.29, 0.717) is 13.1 Å². The smallest absolute Gasteiger partial charge is 0.410 e. The van der Waals surface area contributed by atoms with Crippen LogP contribution in [-0.4, -0.2) is 75.3 Å². The van der Waals surface area contributed by atoms with Crippen LogP contribution in [0.25, 0.3) is 11.1 Å². The highest BCUT2D eigenvalue weighted by Gasteiger charge is 2.22. The number of rotatable bonds is 8. The van der Waals surface area contributed by atoms with Gasteiger partial charge in [-0.25, -0.2) is 4.79 Å². The average Bonchev–Trinajstić information content (AvgIpc) is 2.83. The third kappa shape index (κ3) is 6.72. The van der Waals surface area contributed by atoms with Crippen LogP contribution in [0.3, 0.4) is 0 Å². The molecule has 0 aliphatic carbocycles. The topological polar surface area (TPSA) is 71.1 Å². The fourth-order valence-corrected chi connectivity index (χ4v) is 3.64. The number of likely N-dealkylation sites (N-methyl/N-ethyl adjacent to an activating group) is 1. The van der Waals surface area contributed by atoms with E-state index in [1.165, 1.54) is 23.7 Å². The number of nitrogens with zero attached hydrogens (tertiary/aromatic N) is 2. The van der Waals surface area contributed by atoms with Crippen LogP contribution >= 0.6 is 0 Å². The van der Waals surface area contributed by atoms with Gasteiger partial charge in [-0.15, -0.1) is 0 Å². The average molecular weight is 426 g/mol. The van der Waals surface area contributed by atoms with Crippen LogP contribution in [0, 0.1) is 0 Å². The molecule has 0 saturated carbocycles. The quantitative estimate of drug-likeness (QED) is 0.704. The van der Waals surface area contributed by atoms with Gasteiger partial charge in [-0.1, -0.05) is 36.4 Å². The number of amides is 2. The molecule has 0 spiro atoms. The van der Waals surface area contributed by atoms with E-state index in [0.717, 1.165) is 38.2 Å².